The highest BCUT2D eigenvalue weighted by Gasteiger charge is 2.48. The lowest BCUT2D eigenvalue weighted by atomic mass is 10.1. The fraction of sp³-hybridized carbons (Fsp3) is 0.316. The van der Waals surface area contributed by atoms with Crippen LogP contribution < -0.4 is 10.6 Å². The highest BCUT2D eigenvalue weighted by molar-refractivity contribution is 5.89. The number of aryl methyl sites for hydroxylation is 2. The van der Waals surface area contributed by atoms with Gasteiger partial charge in [-0.2, -0.15) is 5.10 Å². The number of hydrogen-bond donors (Lipinski definition) is 2. The van der Waals surface area contributed by atoms with E-state index in [4.69, 9.17) is 0 Å². The number of nitrogens with zero attached hydrogens (tertiary/aromatic N) is 5. The zero-order chi connectivity index (χ0) is 19.9. The fourth-order valence-corrected chi connectivity index (χ4v) is 2.87. The summed E-state index contributed by atoms with van der Waals surface area (Å²) in [7, 11) is 1.83. The first-order chi connectivity index (χ1) is 13.3. The van der Waals surface area contributed by atoms with Crippen LogP contribution in [0.2, 0.25) is 0 Å². The Hall–Kier alpha value is -3.36. The summed E-state index contributed by atoms with van der Waals surface area (Å²) in [6.45, 7) is 3.22. The SMILES string of the molecule is CC(=O)Nc1cc(Nc2cc(C)nc(C3(F)CC3)n2)c(-c2ccn(C)n2)cn1. The standard InChI is InChI=1S/C19H20FN7O/c1-11-8-17(25-18(22-11)19(20)5-6-19)24-15-9-16(23-12(2)28)21-10-13(15)14-4-7-27(3)26-14/h4,7-10H,5-6H2,1-3H3,(H2,21,22,23,24,25,28). The van der Waals surface area contributed by atoms with Gasteiger partial charge in [-0.05, 0) is 25.8 Å². The van der Waals surface area contributed by atoms with Gasteiger partial charge in [-0.15, -0.1) is 0 Å². The third-order valence-electron chi connectivity index (χ3n) is 4.40. The van der Waals surface area contributed by atoms with E-state index < -0.39 is 5.67 Å². The zero-order valence-electron chi connectivity index (χ0n) is 15.8. The summed E-state index contributed by atoms with van der Waals surface area (Å²) in [5, 5.41) is 10.3. The minimum atomic E-state index is -1.42. The summed E-state index contributed by atoms with van der Waals surface area (Å²) >= 11 is 0. The molecule has 0 unspecified atom stereocenters. The molecule has 8 nitrogen and oxygen atoms in total. The number of pyridine rings is 1. The Morgan fingerprint density at radius 2 is 2.04 bits per heavy atom. The molecular formula is C19H20FN7O. The number of aromatic nitrogens is 5. The van der Waals surface area contributed by atoms with Gasteiger partial charge in [0.05, 0.1) is 11.4 Å². The first-order valence-corrected chi connectivity index (χ1v) is 8.92. The third-order valence-corrected chi connectivity index (χ3v) is 4.40. The average molecular weight is 381 g/mol. The van der Waals surface area contributed by atoms with Gasteiger partial charge in [-0.3, -0.25) is 9.48 Å². The maximum atomic E-state index is 14.5. The second kappa shape index (κ2) is 6.66. The molecule has 3 aromatic heterocycles. The van der Waals surface area contributed by atoms with Crippen LogP contribution in [-0.4, -0.2) is 30.6 Å². The van der Waals surface area contributed by atoms with Crippen LogP contribution in [0.1, 0.15) is 31.3 Å². The molecule has 28 heavy (non-hydrogen) atoms. The van der Waals surface area contributed by atoms with Crippen molar-refractivity contribution in [1.82, 2.24) is 24.7 Å². The van der Waals surface area contributed by atoms with E-state index in [-0.39, 0.29) is 11.7 Å². The topological polar surface area (TPSA) is 97.6 Å². The van der Waals surface area contributed by atoms with Crippen molar-refractivity contribution >= 4 is 23.2 Å². The molecule has 0 aliphatic heterocycles. The van der Waals surface area contributed by atoms with Gasteiger partial charge in [0.2, 0.25) is 5.91 Å². The van der Waals surface area contributed by atoms with Crippen LogP contribution in [0.4, 0.5) is 21.7 Å². The van der Waals surface area contributed by atoms with Crippen LogP contribution in [0.3, 0.4) is 0 Å². The Morgan fingerprint density at radius 1 is 1.25 bits per heavy atom. The maximum Gasteiger partial charge on any atom is 0.222 e. The summed E-state index contributed by atoms with van der Waals surface area (Å²) in [5.74, 6) is 0.844. The minimum Gasteiger partial charge on any atom is -0.339 e. The van der Waals surface area contributed by atoms with Crippen molar-refractivity contribution in [3.63, 3.8) is 0 Å². The summed E-state index contributed by atoms with van der Waals surface area (Å²) in [6.07, 6.45) is 4.34. The lowest BCUT2D eigenvalue weighted by Gasteiger charge is -2.14. The van der Waals surface area contributed by atoms with E-state index in [2.05, 4.69) is 30.7 Å². The Balaban J connectivity index is 1.74. The number of amides is 1. The summed E-state index contributed by atoms with van der Waals surface area (Å²) in [6, 6.07) is 5.30. The molecule has 4 rings (SSSR count). The highest BCUT2D eigenvalue weighted by Crippen LogP contribution is 2.48. The molecular weight excluding hydrogens is 361 g/mol. The van der Waals surface area contributed by atoms with Crippen LogP contribution in [0.25, 0.3) is 11.3 Å². The molecule has 0 radical (unpaired) electrons. The van der Waals surface area contributed by atoms with Gasteiger partial charge in [0.1, 0.15) is 11.6 Å². The lowest BCUT2D eigenvalue weighted by molar-refractivity contribution is -0.114. The van der Waals surface area contributed by atoms with Crippen molar-refractivity contribution in [1.29, 1.82) is 0 Å². The quantitative estimate of drug-likeness (QED) is 0.704. The van der Waals surface area contributed by atoms with Gasteiger partial charge in [0.15, 0.2) is 11.5 Å². The van der Waals surface area contributed by atoms with Crippen molar-refractivity contribution in [3.05, 3.63) is 42.1 Å². The zero-order valence-corrected chi connectivity index (χ0v) is 15.8. The fourth-order valence-electron chi connectivity index (χ4n) is 2.87. The van der Waals surface area contributed by atoms with Gasteiger partial charge in [-0.25, -0.2) is 19.3 Å². The smallest absolute Gasteiger partial charge is 0.222 e. The third kappa shape index (κ3) is 3.68. The molecule has 0 aromatic carbocycles. The number of nitrogens with one attached hydrogen (secondary N) is 2. The molecule has 0 atom stereocenters. The second-order valence-electron chi connectivity index (χ2n) is 6.98. The van der Waals surface area contributed by atoms with E-state index in [0.717, 1.165) is 5.56 Å². The molecule has 1 fully saturated rings. The van der Waals surface area contributed by atoms with Crippen LogP contribution in [-0.2, 0) is 17.5 Å². The minimum absolute atomic E-state index is 0.200. The average Bonchev–Trinajstić information content (AvgIpc) is 3.23. The van der Waals surface area contributed by atoms with Crippen molar-refractivity contribution in [2.45, 2.75) is 32.4 Å². The van der Waals surface area contributed by atoms with Gasteiger partial charge in [0, 0.05) is 49.8 Å². The number of alkyl halides is 1. The molecule has 2 N–H and O–H groups in total. The first-order valence-electron chi connectivity index (χ1n) is 8.92. The number of rotatable bonds is 5. The van der Waals surface area contributed by atoms with Gasteiger partial charge in [0.25, 0.3) is 0 Å². The highest BCUT2D eigenvalue weighted by atomic mass is 19.1. The molecule has 3 heterocycles. The number of halogens is 1. The Morgan fingerprint density at radius 3 is 2.68 bits per heavy atom. The Kier molecular flexibility index (Phi) is 4.29. The summed E-state index contributed by atoms with van der Waals surface area (Å²) in [4.78, 5) is 24.3. The molecule has 0 spiro atoms. The van der Waals surface area contributed by atoms with Crippen LogP contribution in [0.15, 0.2) is 30.6 Å². The molecule has 3 aromatic rings. The van der Waals surface area contributed by atoms with E-state index in [1.54, 1.807) is 29.9 Å². The molecule has 1 aliphatic rings. The number of anilines is 3. The van der Waals surface area contributed by atoms with E-state index in [1.807, 2.05) is 19.3 Å². The molecule has 1 amide bonds. The number of hydrogen-bond acceptors (Lipinski definition) is 6. The predicted octanol–water partition coefficient (Wildman–Crippen LogP) is 3.24. The molecule has 0 bridgehead atoms. The van der Waals surface area contributed by atoms with Gasteiger partial charge >= 0.3 is 0 Å². The van der Waals surface area contributed by atoms with Crippen LogP contribution in [0.5, 0.6) is 0 Å². The number of carbonyl (C=O) groups is 1. The van der Waals surface area contributed by atoms with E-state index in [0.29, 0.717) is 41.6 Å². The second-order valence-corrected chi connectivity index (χ2v) is 6.98. The van der Waals surface area contributed by atoms with E-state index in [9.17, 15) is 9.18 Å². The number of carbonyl (C=O) groups excluding carboxylic acids is 1. The maximum absolute atomic E-state index is 14.5. The predicted molar refractivity (Wildman–Crippen MR) is 103 cm³/mol. The summed E-state index contributed by atoms with van der Waals surface area (Å²) < 4.78 is 16.2. The van der Waals surface area contributed by atoms with Crippen molar-refractivity contribution in [3.8, 4) is 11.3 Å². The lowest BCUT2D eigenvalue weighted by Crippen LogP contribution is -2.10. The van der Waals surface area contributed by atoms with Gasteiger partial charge in [-0.1, -0.05) is 0 Å². The molecule has 0 saturated heterocycles. The van der Waals surface area contributed by atoms with Crippen molar-refractivity contribution < 1.29 is 9.18 Å². The monoisotopic (exact) mass is 381 g/mol. The van der Waals surface area contributed by atoms with Crippen molar-refractivity contribution in [2.75, 3.05) is 10.6 Å². The Bertz CT molecular complexity index is 1060. The largest absolute Gasteiger partial charge is 0.339 e. The molecule has 9 heteroatoms. The van der Waals surface area contributed by atoms with E-state index >= 15 is 0 Å². The molecule has 1 saturated carbocycles. The van der Waals surface area contributed by atoms with Crippen LogP contribution in [0, 0.1) is 6.92 Å². The molecule has 144 valence electrons. The summed E-state index contributed by atoms with van der Waals surface area (Å²) in [5.41, 5.74) is 1.33. The van der Waals surface area contributed by atoms with Crippen molar-refractivity contribution in [2.24, 2.45) is 7.05 Å². The van der Waals surface area contributed by atoms with Crippen LogP contribution >= 0.6 is 0 Å². The first kappa shape index (κ1) is 18.0. The van der Waals surface area contributed by atoms with E-state index in [1.165, 1.54) is 6.92 Å². The Labute approximate surface area is 161 Å². The van der Waals surface area contributed by atoms with Gasteiger partial charge < -0.3 is 10.6 Å². The molecule has 1 aliphatic carbocycles. The normalized spacial score (nSPS) is 14.6.